The van der Waals surface area contributed by atoms with E-state index in [0.29, 0.717) is 11.1 Å². The molecule has 1 unspecified atom stereocenters. The zero-order valence-electron chi connectivity index (χ0n) is 9.61. The van der Waals surface area contributed by atoms with E-state index in [0.717, 1.165) is 6.20 Å². The molecule has 0 aliphatic heterocycles. The van der Waals surface area contributed by atoms with E-state index in [1.54, 1.807) is 18.2 Å². The molecule has 2 aromatic rings. The maximum atomic E-state index is 13.6. The average molecular weight is 249 g/mol. The minimum absolute atomic E-state index is 0.268. The summed E-state index contributed by atoms with van der Waals surface area (Å²) < 4.78 is 27.1. The maximum absolute atomic E-state index is 13.6. The molecule has 0 spiro atoms. The van der Waals surface area contributed by atoms with E-state index in [9.17, 15) is 8.78 Å². The van der Waals surface area contributed by atoms with Crippen LogP contribution in [-0.2, 0) is 6.42 Å². The first-order valence-corrected chi connectivity index (χ1v) is 5.51. The molecule has 94 valence electrons. The molecule has 1 atom stereocenters. The van der Waals surface area contributed by atoms with Crippen LogP contribution < -0.4 is 11.3 Å². The molecule has 3 N–H and O–H groups in total. The Morgan fingerprint density at radius 3 is 2.61 bits per heavy atom. The molecule has 1 aromatic carbocycles. The topological polar surface area (TPSA) is 50.9 Å². The quantitative estimate of drug-likeness (QED) is 0.644. The van der Waals surface area contributed by atoms with Gasteiger partial charge in [0.25, 0.3) is 0 Å². The van der Waals surface area contributed by atoms with Crippen molar-refractivity contribution >= 4 is 0 Å². The number of pyridine rings is 1. The van der Waals surface area contributed by atoms with Crippen molar-refractivity contribution in [2.24, 2.45) is 5.84 Å². The summed E-state index contributed by atoms with van der Waals surface area (Å²) >= 11 is 0. The Kier molecular flexibility index (Phi) is 3.96. The SMILES string of the molecule is NNC(Cc1ccccc1F)c1ccncc1F. The summed E-state index contributed by atoms with van der Waals surface area (Å²) in [6.07, 6.45) is 2.86. The summed E-state index contributed by atoms with van der Waals surface area (Å²) in [6.45, 7) is 0. The number of rotatable bonds is 4. The molecule has 0 fully saturated rings. The number of hydrazine groups is 1. The van der Waals surface area contributed by atoms with E-state index in [1.807, 2.05) is 0 Å². The smallest absolute Gasteiger partial charge is 0.146 e. The number of nitrogens with two attached hydrogens (primary N) is 1. The highest BCUT2D eigenvalue weighted by Crippen LogP contribution is 2.21. The molecule has 0 amide bonds. The van der Waals surface area contributed by atoms with Crippen molar-refractivity contribution in [3.05, 3.63) is 65.5 Å². The number of hydrogen-bond donors (Lipinski definition) is 2. The summed E-state index contributed by atoms with van der Waals surface area (Å²) in [7, 11) is 0. The lowest BCUT2D eigenvalue weighted by Crippen LogP contribution is -2.30. The van der Waals surface area contributed by atoms with Crippen LogP contribution in [0.3, 0.4) is 0 Å². The van der Waals surface area contributed by atoms with Gasteiger partial charge in [0.15, 0.2) is 0 Å². The largest absolute Gasteiger partial charge is 0.271 e. The van der Waals surface area contributed by atoms with Gasteiger partial charge in [0.2, 0.25) is 0 Å². The lowest BCUT2D eigenvalue weighted by atomic mass is 9.99. The van der Waals surface area contributed by atoms with Crippen LogP contribution in [0.5, 0.6) is 0 Å². The van der Waals surface area contributed by atoms with Crippen LogP contribution in [-0.4, -0.2) is 4.98 Å². The van der Waals surface area contributed by atoms with Crippen molar-refractivity contribution in [2.45, 2.75) is 12.5 Å². The third kappa shape index (κ3) is 2.69. The molecule has 5 heteroatoms. The summed E-state index contributed by atoms with van der Waals surface area (Å²) in [6, 6.07) is 7.39. The standard InChI is InChI=1S/C13H13F2N3/c14-11-4-2-1-3-9(11)7-13(18-16)10-5-6-17-8-12(10)15/h1-6,8,13,18H,7,16H2. The van der Waals surface area contributed by atoms with Gasteiger partial charge in [0.1, 0.15) is 11.6 Å². The summed E-state index contributed by atoms with van der Waals surface area (Å²) in [4.78, 5) is 3.67. The van der Waals surface area contributed by atoms with Crippen LogP contribution in [0.25, 0.3) is 0 Å². The molecule has 18 heavy (non-hydrogen) atoms. The predicted molar refractivity (Wildman–Crippen MR) is 64.4 cm³/mol. The molecule has 0 saturated heterocycles. The zero-order valence-corrected chi connectivity index (χ0v) is 9.61. The molecular formula is C13H13F2N3. The van der Waals surface area contributed by atoms with Crippen molar-refractivity contribution in [3.63, 3.8) is 0 Å². The fraction of sp³-hybridized carbons (Fsp3) is 0.154. The molecule has 1 heterocycles. The van der Waals surface area contributed by atoms with Crippen molar-refractivity contribution in [1.82, 2.24) is 10.4 Å². The van der Waals surface area contributed by atoms with Gasteiger partial charge in [-0.25, -0.2) is 8.78 Å². The Morgan fingerprint density at radius 1 is 1.17 bits per heavy atom. The number of nitrogens with one attached hydrogen (secondary N) is 1. The minimum atomic E-state index is -0.495. The van der Waals surface area contributed by atoms with Crippen molar-refractivity contribution < 1.29 is 8.78 Å². The molecular weight excluding hydrogens is 236 g/mol. The molecule has 0 aliphatic rings. The van der Waals surface area contributed by atoms with Gasteiger partial charge in [-0.05, 0) is 24.1 Å². The van der Waals surface area contributed by atoms with Crippen molar-refractivity contribution in [2.75, 3.05) is 0 Å². The number of nitrogens with zero attached hydrogens (tertiary/aromatic N) is 1. The summed E-state index contributed by atoms with van der Waals surface area (Å²) in [5.74, 6) is 4.62. The first-order valence-electron chi connectivity index (χ1n) is 5.51. The summed E-state index contributed by atoms with van der Waals surface area (Å²) in [5, 5.41) is 0. The molecule has 0 bridgehead atoms. The maximum Gasteiger partial charge on any atom is 0.146 e. The summed E-state index contributed by atoms with van der Waals surface area (Å²) in [5.41, 5.74) is 3.35. The van der Waals surface area contributed by atoms with E-state index in [2.05, 4.69) is 10.4 Å². The Balaban J connectivity index is 2.26. The first-order chi connectivity index (χ1) is 8.72. The van der Waals surface area contributed by atoms with Crippen LogP contribution >= 0.6 is 0 Å². The van der Waals surface area contributed by atoms with Gasteiger partial charge in [-0.3, -0.25) is 16.3 Å². The second-order valence-corrected chi connectivity index (χ2v) is 3.91. The Hall–Kier alpha value is -1.85. The second kappa shape index (κ2) is 5.66. The van der Waals surface area contributed by atoms with Gasteiger partial charge < -0.3 is 0 Å². The Labute approximate surface area is 104 Å². The molecule has 0 radical (unpaired) electrons. The van der Waals surface area contributed by atoms with Gasteiger partial charge in [0.05, 0.1) is 12.2 Å². The zero-order chi connectivity index (χ0) is 13.0. The van der Waals surface area contributed by atoms with Gasteiger partial charge >= 0.3 is 0 Å². The van der Waals surface area contributed by atoms with E-state index >= 15 is 0 Å². The Morgan fingerprint density at radius 2 is 1.94 bits per heavy atom. The minimum Gasteiger partial charge on any atom is -0.271 e. The third-order valence-electron chi connectivity index (χ3n) is 2.76. The van der Waals surface area contributed by atoms with Crippen LogP contribution in [0.2, 0.25) is 0 Å². The highest BCUT2D eigenvalue weighted by atomic mass is 19.1. The highest BCUT2D eigenvalue weighted by Gasteiger charge is 2.16. The highest BCUT2D eigenvalue weighted by molar-refractivity contribution is 5.24. The van der Waals surface area contributed by atoms with E-state index in [-0.39, 0.29) is 12.2 Å². The van der Waals surface area contributed by atoms with Gasteiger partial charge in [-0.1, -0.05) is 18.2 Å². The van der Waals surface area contributed by atoms with Crippen molar-refractivity contribution in [1.29, 1.82) is 0 Å². The van der Waals surface area contributed by atoms with Gasteiger partial charge in [0, 0.05) is 11.8 Å². The molecule has 2 rings (SSSR count). The van der Waals surface area contributed by atoms with Crippen LogP contribution in [0, 0.1) is 11.6 Å². The number of halogens is 2. The van der Waals surface area contributed by atoms with Gasteiger partial charge in [-0.15, -0.1) is 0 Å². The monoisotopic (exact) mass is 249 g/mol. The van der Waals surface area contributed by atoms with Gasteiger partial charge in [-0.2, -0.15) is 0 Å². The molecule has 1 aromatic heterocycles. The predicted octanol–water partition coefficient (Wildman–Crippen LogP) is 2.11. The molecule has 0 saturated carbocycles. The van der Waals surface area contributed by atoms with E-state index in [1.165, 1.54) is 18.3 Å². The molecule has 3 nitrogen and oxygen atoms in total. The third-order valence-corrected chi connectivity index (χ3v) is 2.76. The number of aromatic nitrogens is 1. The fourth-order valence-electron chi connectivity index (χ4n) is 1.81. The van der Waals surface area contributed by atoms with E-state index in [4.69, 9.17) is 5.84 Å². The lowest BCUT2D eigenvalue weighted by molar-refractivity contribution is 0.496. The van der Waals surface area contributed by atoms with Crippen LogP contribution in [0.15, 0.2) is 42.7 Å². The normalized spacial score (nSPS) is 12.4. The Bertz CT molecular complexity index is 531. The van der Waals surface area contributed by atoms with E-state index < -0.39 is 11.9 Å². The fourth-order valence-corrected chi connectivity index (χ4v) is 1.81. The van der Waals surface area contributed by atoms with Crippen LogP contribution in [0.1, 0.15) is 17.2 Å². The average Bonchev–Trinajstić information content (AvgIpc) is 2.39. The molecule has 0 aliphatic carbocycles. The number of hydrogen-bond acceptors (Lipinski definition) is 3. The second-order valence-electron chi connectivity index (χ2n) is 3.91. The van der Waals surface area contributed by atoms with Crippen LogP contribution in [0.4, 0.5) is 8.78 Å². The van der Waals surface area contributed by atoms with Crippen molar-refractivity contribution in [3.8, 4) is 0 Å². The number of benzene rings is 1. The first kappa shape index (κ1) is 12.6. The lowest BCUT2D eigenvalue weighted by Gasteiger charge is -2.17.